The molecule has 0 radical (unpaired) electrons. The monoisotopic (exact) mass is 618 g/mol. The van der Waals surface area contributed by atoms with Crippen molar-refractivity contribution in [3.8, 4) is 17.3 Å². The van der Waals surface area contributed by atoms with Crippen LogP contribution in [0.5, 0.6) is 5.88 Å². The molecule has 0 atom stereocenters. The zero-order chi connectivity index (χ0) is 31.3. The normalized spacial score (nSPS) is 14.5. The van der Waals surface area contributed by atoms with Crippen LogP contribution in [0.1, 0.15) is 68.0 Å². The Morgan fingerprint density at radius 1 is 1.09 bits per heavy atom. The molecule has 0 aliphatic carbocycles. The van der Waals surface area contributed by atoms with Crippen LogP contribution in [0.2, 0.25) is 0 Å². The fraction of sp³-hybridized carbons (Fsp3) is 0.452. The Morgan fingerprint density at radius 3 is 2.47 bits per heavy atom. The highest BCUT2D eigenvalue weighted by atomic mass is 32.2. The highest BCUT2D eigenvalue weighted by Gasteiger charge is 2.26. The van der Waals surface area contributed by atoms with Gasteiger partial charge in [0.25, 0.3) is 10.0 Å². The second-order valence-electron chi connectivity index (χ2n) is 10.7. The molecule has 1 saturated heterocycles. The van der Waals surface area contributed by atoms with E-state index in [-0.39, 0.29) is 20.5 Å². The Balaban J connectivity index is 0.00000173. The number of likely N-dealkylation sites (tertiary alicyclic amines) is 1. The number of hydrogen-bond acceptors (Lipinski definition) is 7. The van der Waals surface area contributed by atoms with Crippen molar-refractivity contribution in [3.05, 3.63) is 59.3 Å². The van der Waals surface area contributed by atoms with Crippen LogP contribution in [-0.4, -0.2) is 58.7 Å². The van der Waals surface area contributed by atoms with Crippen LogP contribution >= 0.6 is 0 Å². The van der Waals surface area contributed by atoms with Crippen molar-refractivity contribution in [1.82, 2.24) is 25.1 Å². The van der Waals surface area contributed by atoms with Gasteiger partial charge in [-0.25, -0.2) is 22.2 Å². The molecule has 0 spiro atoms. The van der Waals surface area contributed by atoms with Crippen LogP contribution in [0.15, 0.2) is 41.3 Å². The molecule has 12 heteroatoms. The predicted octanol–water partition coefficient (Wildman–Crippen LogP) is 7.13. The minimum absolute atomic E-state index is 0. The number of anilines is 1. The number of aromatic nitrogens is 4. The molecule has 1 aliphatic rings. The van der Waals surface area contributed by atoms with Crippen LogP contribution in [0.3, 0.4) is 0 Å². The first kappa shape index (κ1) is 32.3. The lowest BCUT2D eigenvalue weighted by molar-refractivity contribution is 0.0824. The van der Waals surface area contributed by atoms with Crippen LogP contribution < -0.4 is 9.46 Å². The molecule has 0 saturated carbocycles. The van der Waals surface area contributed by atoms with Gasteiger partial charge in [0.1, 0.15) is 28.0 Å². The Bertz CT molecular complexity index is 1680. The average Bonchev–Trinajstić information content (AvgIpc) is 3.37. The van der Waals surface area contributed by atoms with Crippen molar-refractivity contribution in [2.75, 3.05) is 17.8 Å². The van der Waals surface area contributed by atoms with Gasteiger partial charge in [0, 0.05) is 33.2 Å². The zero-order valence-corrected chi connectivity index (χ0v) is 26.4. The molecule has 5 rings (SSSR count). The van der Waals surface area contributed by atoms with Crippen LogP contribution in [0.4, 0.5) is 14.5 Å². The Morgan fingerprint density at radius 2 is 1.81 bits per heavy atom. The van der Waals surface area contributed by atoms with E-state index < -0.39 is 26.6 Å². The van der Waals surface area contributed by atoms with Crippen molar-refractivity contribution >= 4 is 26.7 Å². The van der Waals surface area contributed by atoms with Gasteiger partial charge < -0.3 is 9.64 Å². The lowest BCUT2D eigenvalue weighted by atomic mass is 10.1. The van der Waals surface area contributed by atoms with E-state index in [2.05, 4.69) is 43.6 Å². The highest BCUT2D eigenvalue weighted by Crippen LogP contribution is 2.32. The van der Waals surface area contributed by atoms with Crippen LogP contribution in [-0.2, 0) is 16.4 Å². The molecule has 2 aromatic heterocycles. The number of rotatable bonds is 9. The topological polar surface area (TPSA) is 113 Å². The maximum absolute atomic E-state index is 15.2. The van der Waals surface area contributed by atoms with E-state index in [0.717, 1.165) is 50.2 Å². The maximum Gasteiger partial charge on any atom is 0.264 e. The quantitative estimate of drug-likeness (QED) is 0.205. The molecule has 3 heterocycles. The van der Waals surface area contributed by atoms with Crippen LogP contribution in [0, 0.1) is 18.6 Å². The van der Waals surface area contributed by atoms with Gasteiger partial charge in [-0.05, 0) is 75.9 Å². The zero-order valence-electron chi connectivity index (χ0n) is 25.5. The van der Waals surface area contributed by atoms with Gasteiger partial charge >= 0.3 is 0 Å². The van der Waals surface area contributed by atoms with Gasteiger partial charge in [-0.3, -0.25) is 9.82 Å². The molecule has 236 valence electrons. The van der Waals surface area contributed by atoms with E-state index in [1.165, 1.54) is 24.3 Å². The SMILES string of the molecule is CC.CCCc1ccc(F)c(S(=O)(=O)Nc2ccc(-c3nc(OC4CCN(C(C)C)CC4)c4c(C)[nH]nc4n3)cc2F)c1.[HH].[HH]. The summed E-state index contributed by atoms with van der Waals surface area (Å²) in [5.41, 5.74) is 1.81. The maximum atomic E-state index is 15.2. The van der Waals surface area contributed by atoms with Crippen molar-refractivity contribution in [3.63, 3.8) is 0 Å². The van der Waals surface area contributed by atoms with E-state index >= 15 is 4.39 Å². The Labute approximate surface area is 255 Å². The van der Waals surface area contributed by atoms with Crippen molar-refractivity contribution in [2.45, 2.75) is 84.3 Å². The van der Waals surface area contributed by atoms with E-state index in [1.54, 1.807) is 0 Å². The van der Waals surface area contributed by atoms with Gasteiger partial charge in [0.15, 0.2) is 11.5 Å². The molecule has 43 heavy (non-hydrogen) atoms. The number of fused-ring (bicyclic) bond motifs is 1. The van der Waals surface area contributed by atoms with Gasteiger partial charge in [0.2, 0.25) is 5.88 Å². The van der Waals surface area contributed by atoms with Crippen LogP contribution in [0.25, 0.3) is 22.4 Å². The predicted molar refractivity (Wildman–Crippen MR) is 169 cm³/mol. The summed E-state index contributed by atoms with van der Waals surface area (Å²) in [7, 11) is -4.38. The first-order valence-electron chi connectivity index (χ1n) is 14.8. The molecule has 2 N–H and O–H groups in total. The molecule has 1 fully saturated rings. The summed E-state index contributed by atoms with van der Waals surface area (Å²) < 4.78 is 64.1. The smallest absolute Gasteiger partial charge is 0.264 e. The number of halogens is 2. The minimum atomic E-state index is -4.38. The van der Waals surface area contributed by atoms with Crippen molar-refractivity contribution in [1.29, 1.82) is 0 Å². The molecule has 0 amide bonds. The third-order valence-electron chi connectivity index (χ3n) is 7.34. The fourth-order valence-electron chi connectivity index (χ4n) is 5.05. The molecule has 4 aromatic rings. The summed E-state index contributed by atoms with van der Waals surface area (Å²) in [6.45, 7) is 14.0. The van der Waals surface area contributed by atoms with Gasteiger partial charge in [-0.2, -0.15) is 10.1 Å². The van der Waals surface area contributed by atoms with Gasteiger partial charge in [0.05, 0.1) is 5.69 Å². The second-order valence-corrected chi connectivity index (χ2v) is 12.3. The fourth-order valence-corrected chi connectivity index (χ4v) is 6.24. The summed E-state index contributed by atoms with van der Waals surface area (Å²) >= 11 is 0. The summed E-state index contributed by atoms with van der Waals surface area (Å²) in [6.07, 6.45) is 3.02. The molecule has 1 aliphatic heterocycles. The number of sulfonamides is 1. The largest absolute Gasteiger partial charge is 0.474 e. The lowest BCUT2D eigenvalue weighted by Gasteiger charge is -2.34. The minimum Gasteiger partial charge on any atom is -0.474 e. The number of hydrogen-bond donors (Lipinski definition) is 2. The first-order valence-corrected chi connectivity index (χ1v) is 16.3. The summed E-state index contributed by atoms with van der Waals surface area (Å²) in [4.78, 5) is 11.0. The first-order chi connectivity index (χ1) is 20.6. The molecule has 9 nitrogen and oxygen atoms in total. The van der Waals surface area contributed by atoms with E-state index in [0.29, 0.717) is 40.5 Å². The lowest BCUT2D eigenvalue weighted by Crippen LogP contribution is -2.41. The third-order valence-corrected chi connectivity index (χ3v) is 8.72. The van der Waals surface area contributed by atoms with Gasteiger partial charge in [-0.15, -0.1) is 0 Å². The molecule has 2 aromatic carbocycles. The number of aromatic amines is 1. The number of aryl methyl sites for hydroxylation is 2. The highest BCUT2D eigenvalue weighted by molar-refractivity contribution is 7.92. The van der Waals surface area contributed by atoms with E-state index in [4.69, 9.17) is 4.74 Å². The average molecular weight is 619 g/mol. The molecule has 0 bridgehead atoms. The van der Waals surface area contributed by atoms with E-state index in [9.17, 15) is 12.8 Å². The Kier molecular flexibility index (Phi) is 10.3. The number of nitrogens with zero attached hydrogens (tertiary/aromatic N) is 4. The molecular formula is C31H44F2N6O3S. The second kappa shape index (κ2) is 13.8. The standard InChI is InChI=1S/C29H34F2N6O3S.C2H6.2H2/c1-5-6-19-7-9-22(30)25(15-19)41(38,39)36-24-10-8-20(16-23(24)31)27-32-28-26(18(4)34-35-28)29(33-27)40-21-11-13-37(14-12-21)17(2)3;1-2;;/h7-10,15-17,21,36H,5-6,11-14H2,1-4H3,(H,32,33,34,35);1-2H3;2*1H. The number of H-pyrrole nitrogens is 1. The van der Waals surface area contributed by atoms with Crippen molar-refractivity contribution < 1.29 is 24.8 Å². The summed E-state index contributed by atoms with van der Waals surface area (Å²) in [5, 5.41) is 7.83. The van der Waals surface area contributed by atoms with Crippen molar-refractivity contribution in [2.24, 2.45) is 0 Å². The number of nitrogens with one attached hydrogen (secondary N) is 2. The van der Waals surface area contributed by atoms with E-state index in [1.807, 2.05) is 27.7 Å². The third kappa shape index (κ3) is 7.30. The Hall–Kier alpha value is -3.64. The summed E-state index contributed by atoms with van der Waals surface area (Å²) in [6, 6.07) is 8.28. The number of ether oxygens (including phenoxy) is 1. The number of piperidine rings is 1. The molecular weight excluding hydrogens is 574 g/mol. The summed E-state index contributed by atoms with van der Waals surface area (Å²) in [5.74, 6) is -1.22. The number of benzene rings is 2. The molecule has 0 unspecified atom stereocenters. The van der Waals surface area contributed by atoms with Gasteiger partial charge in [-0.1, -0.05) is 33.3 Å².